The van der Waals surface area contributed by atoms with E-state index in [1.165, 1.54) is 12.0 Å². The standard InChI is InChI=1S/C15H24N2O/c1-11-4-6-14(8-12(11)2)18-15-7-5-13(9-16-3)10-17-15/h5,7,10-12,14,16H,4,6,8-9H2,1-3H3. The van der Waals surface area contributed by atoms with Gasteiger partial charge in [-0.2, -0.15) is 0 Å². The lowest BCUT2D eigenvalue weighted by atomic mass is 9.80. The molecule has 0 bridgehead atoms. The Bertz CT molecular complexity index is 363. The molecule has 3 heteroatoms. The molecule has 3 unspecified atom stereocenters. The molecule has 1 aromatic rings. The summed E-state index contributed by atoms with van der Waals surface area (Å²) in [6.45, 7) is 5.51. The fourth-order valence-electron chi connectivity index (χ4n) is 2.57. The van der Waals surface area contributed by atoms with Crippen molar-refractivity contribution in [3.63, 3.8) is 0 Å². The lowest BCUT2D eigenvalue weighted by Gasteiger charge is -2.31. The quantitative estimate of drug-likeness (QED) is 0.889. The van der Waals surface area contributed by atoms with Gasteiger partial charge in [0, 0.05) is 18.8 Å². The first-order valence-corrected chi connectivity index (χ1v) is 6.95. The maximum Gasteiger partial charge on any atom is 0.213 e. The Labute approximate surface area is 110 Å². The van der Waals surface area contributed by atoms with Crippen molar-refractivity contribution in [1.82, 2.24) is 10.3 Å². The normalized spacial score (nSPS) is 28.1. The minimum absolute atomic E-state index is 0.346. The molecule has 3 atom stereocenters. The molecule has 0 aromatic carbocycles. The van der Waals surface area contributed by atoms with Crippen molar-refractivity contribution in [2.24, 2.45) is 11.8 Å². The molecule has 0 saturated heterocycles. The molecule has 1 saturated carbocycles. The van der Waals surface area contributed by atoms with Gasteiger partial charge in [0.2, 0.25) is 5.88 Å². The van der Waals surface area contributed by atoms with E-state index in [0.29, 0.717) is 6.10 Å². The minimum atomic E-state index is 0.346. The SMILES string of the molecule is CNCc1ccc(OC2CCC(C)C(C)C2)nc1. The van der Waals surface area contributed by atoms with Crippen LogP contribution in [-0.2, 0) is 6.54 Å². The summed E-state index contributed by atoms with van der Waals surface area (Å²) in [7, 11) is 1.94. The molecule has 1 aromatic heterocycles. The Kier molecular flexibility index (Phi) is 4.59. The van der Waals surface area contributed by atoms with E-state index in [4.69, 9.17) is 4.74 Å². The second-order valence-corrected chi connectivity index (χ2v) is 5.54. The summed E-state index contributed by atoms with van der Waals surface area (Å²) in [4.78, 5) is 4.37. The fourth-order valence-corrected chi connectivity index (χ4v) is 2.57. The van der Waals surface area contributed by atoms with E-state index in [-0.39, 0.29) is 0 Å². The summed E-state index contributed by atoms with van der Waals surface area (Å²) in [5.41, 5.74) is 1.19. The highest BCUT2D eigenvalue weighted by atomic mass is 16.5. The third-order valence-electron chi connectivity index (χ3n) is 4.02. The smallest absolute Gasteiger partial charge is 0.213 e. The lowest BCUT2D eigenvalue weighted by Crippen LogP contribution is -2.29. The molecule has 0 aliphatic heterocycles. The average molecular weight is 248 g/mol. The van der Waals surface area contributed by atoms with Crippen LogP contribution in [0.3, 0.4) is 0 Å². The second kappa shape index (κ2) is 6.19. The van der Waals surface area contributed by atoms with E-state index in [0.717, 1.165) is 37.1 Å². The molecule has 2 rings (SSSR count). The topological polar surface area (TPSA) is 34.1 Å². The van der Waals surface area contributed by atoms with Gasteiger partial charge >= 0.3 is 0 Å². The van der Waals surface area contributed by atoms with E-state index >= 15 is 0 Å². The number of ether oxygens (including phenoxy) is 1. The van der Waals surface area contributed by atoms with Crippen molar-refractivity contribution in [2.75, 3.05) is 7.05 Å². The summed E-state index contributed by atoms with van der Waals surface area (Å²) < 4.78 is 5.98. The molecule has 0 amide bonds. The molecule has 1 aliphatic rings. The molecule has 1 N–H and O–H groups in total. The Morgan fingerprint density at radius 3 is 2.72 bits per heavy atom. The van der Waals surface area contributed by atoms with Crippen LogP contribution >= 0.6 is 0 Å². The van der Waals surface area contributed by atoms with Gasteiger partial charge in [-0.05, 0) is 43.7 Å². The second-order valence-electron chi connectivity index (χ2n) is 5.54. The fraction of sp³-hybridized carbons (Fsp3) is 0.667. The van der Waals surface area contributed by atoms with Gasteiger partial charge in [-0.25, -0.2) is 4.98 Å². The Morgan fingerprint density at radius 1 is 1.28 bits per heavy atom. The molecular weight excluding hydrogens is 224 g/mol. The van der Waals surface area contributed by atoms with Gasteiger partial charge in [0.25, 0.3) is 0 Å². The molecule has 0 radical (unpaired) electrons. The molecule has 18 heavy (non-hydrogen) atoms. The summed E-state index contributed by atoms with van der Waals surface area (Å²) in [5, 5.41) is 3.11. The van der Waals surface area contributed by atoms with E-state index in [1.807, 2.05) is 19.3 Å². The predicted octanol–water partition coefficient (Wildman–Crippen LogP) is 3.00. The van der Waals surface area contributed by atoms with E-state index in [2.05, 4.69) is 30.2 Å². The monoisotopic (exact) mass is 248 g/mol. The van der Waals surface area contributed by atoms with Crippen LogP contribution < -0.4 is 10.1 Å². The van der Waals surface area contributed by atoms with Crippen LogP contribution in [0.25, 0.3) is 0 Å². The number of nitrogens with one attached hydrogen (secondary N) is 1. The zero-order chi connectivity index (χ0) is 13.0. The maximum atomic E-state index is 5.98. The summed E-state index contributed by atoms with van der Waals surface area (Å²) in [6.07, 6.45) is 5.82. The van der Waals surface area contributed by atoms with Crippen LogP contribution in [0.15, 0.2) is 18.3 Å². The highest BCUT2D eigenvalue weighted by molar-refractivity contribution is 5.18. The van der Waals surface area contributed by atoms with Crippen LogP contribution in [0.5, 0.6) is 5.88 Å². The van der Waals surface area contributed by atoms with Gasteiger partial charge in [0.15, 0.2) is 0 Å². The number of aromatic nitrogens is 1. The van der Waals surface area contributed by atoms with Gasteiger partial charge in [-0.3, -0.25) is 0 Å². The van der Waals surface area contributed by atoms with Crippen molar-refractivity contribution >= 4 is 0 Å². The number of nitrogens with zero attached hydrogens (tertiary/aromatic N) is 1. The third kappa shape index (κ3) is 3.45. The van der Waals surface area contributed by atoms with Crippen LogP contribution in [0.2, 0.25) is 0 Å². The minimum Gasteiger partial charge on any atom is -0.474 e. The predicted molar refractivity (Wildman–Crippen MR) is 73.6 cm³/mol. The van der Waals surface area contributed by atoms with Crippen LogP contribution in [0.1, 0.15) is 38.7 Å². The highest BCUT2D eigenvalue weighted by Gasteiger charge is 2.25. The molecule has 3 nitrogen and oxygen atoms in total. The number of rotatable bonds is 4. The molecule has 1 heterocycles. The summed E-state index contributed by atoms with van der Waals surface area (Å²) in [5.74, 6) is 2.35. The molecular formula is C15H24N2O. The molecule has 1 fully saturated rings. The first kappa shape index (κ1) is 13.3. The Hall–Kier alpha value is -1.09. The highest BCUT2D eigenvalue weighted by Crippen LogP contribution is 2.31. The number of hydrogen-bond acceptors (Lipinski definition) is 3. The van der Waals surface area contributed by atoms with Crippen molar-refractivity contribution in [1.29, 1.82) is 0 Å². The van der Waals surface area contributed by atoms with Crippen molar-refractivity contribution in [3.8, 4) is 5.88 Å². The van der Waals surface area contributed by atoms with Crippen LogP contribution in [-0.4, -0.2) is 18.1 Å². The molecule has 0 spiro atoms. The number of pyridine rings is 1. The largest absolute Gasteiger partial charge is 0.474 e. The van der Waals surface area contributed by atoms with E-state index < -0.39 is 0 Å². The summed E-state index contributed by atoms with van der Waals surface area (Å²) >= 11 is 0. The van der Waals surface area contributed by atoms with Crippen molar-refractivity contribution in [2.45, 2.75) is 45.8 Å². The Morgan fingerprint density at radius 2 is 2.11 bits per heavy atom. The van der Waals surface area contributed by atoms with Crippen molar-refractivity contribution < 1.29 is 4.74 Å². The van der Waals surface area contributed by atoms with Crippen molar-refractivity contribution in [3.05, 3.63) is 23.9 Å². The lowest BCUT2D eigenvalue weighted by molar-refractivity contribution is 0.0964. The van der Waals surface area contributed by atoms with E-state index in [9.17, 15) is 0 Å². The summed E-state index contributed by atoms with van der Waals surface area (Å²) in [6, 6.07) is 4.06. The Balaban J connectivity index is 1.89. The maximum absolute atomic E-state index is 5.98. The first-order valence-electron chi connectivity index (χ1n) is 6.95. The first-order chi connectivity index (χ1) is 8.69. The molecule has 100 valence electrons. The molecule has 1 aliphatic carbocycles. The zero-order valence-corrected chi connectivity index (χ0v) is 11.6. The van der Waals surface area contributed by atoms with Gasteiger partial charge in [-0.15, -0.1) is 0 Å². The number of hydrogen-bond donors (Lipinski definition) is 1. The average Bonchev–Trinajstić information content (AvgIpc) is 2.37. The van der Waals surface area contributed by atoms with Gasteiger partial charge in [0.05, 0.1) is 0 Å². The van der Waals surface area contributed by atoms with Gasteiger partial charge in [-0.1, -0.05) is 19.9 Å². The third-order valence-corrected chi connectivity index (χ3v) is 4.02. The van der Waals surface area contributed by atoms with Crippen LogP contribution in [0, 0.1) is 11.8 Å². The van der Waals surface area contributed by atoms with Gasteiger partial charge in [0.1, 0.15) is 6.10 Å². The zero-order valence-electron chi connectivity index (χ0n) is 11.6. The van der Waals surface area contributed by atoms with Crippen LogP contribution in [0.4, 0.5) is 0 Å². The van der Waals surface area contributed by atoms with Gasteiger partial charge < -0.3 is 10.1 Å². The van der Waals surface area contributed by atoms with E-state index in [1.54, 1.807) is 0 Å².